The van der Waals surface area contributed by atoms with Crippen LogP contribution in [0.15, 0.2) is 73.0 Å². The zero-order valence-electron chi connectivity index (χ0n) is 17.4. The molecule has 4 rings (SSSR count). The highest BCUT2D eigenvalue weighted by Crippen LogP contribution is 2.29. The Labute approximate surface area is 187 Å². The Morgan fingerprint density at radius 1 is 1.18 bits per heavy atom. The highest BCUT2D eigenvalue weighted by atomic mass is 19.1. The smallest absolute Gasteiger partial charge is 0.411 e. The molecule has 0 aliphatic carbocycles. The molecule has 1 aliphatic heterocycles. The highest BCUT2D eigenvalue weighted by molar-refractivity contribution is 6.03. The number of carbonyl (C=O) groups excluding carboxylic acids is 3. The van der Waals surface area contributed by atoms with E-state index in [1.54, 1.807) is 36.5 Å². The van der Waals surface area contributed by atoms with Gasteiger partial charge in [-0.3, -0.25) is 19.5 Å². The third-order valence-electron chi connectivity index (χ3n) is 4.69. The standard InChI is InChI=1S/C23H18FN5O4/c1-14(30)26-12-18-13-29(23(32)33-18)17-5-6-19(20(24)9-17)15-4-7-21(27-11-15)28-22(31)16-3-2-8-25-10-16/h2-12H,13H2,1H3,(H,26,30)(H,27,28,31)/b18-12-. The van der Waals surface area contributed by atoms with Gasteiger partial charge in [0, 0.05) is 42.8 Å². The number of benzene rings is 1. The number of amides is 3. The molecule has 2 N–H and O–H groups in total. The van der Waals surface area contributed by atoms with Gasteiger partial charge in [-0.05, 0) is 42.5 Å². The summed E-state index contributed by atoms with van der Waals surface area (Å²) in [5.41, 5.74) is 1.47. The van der Waals surface area contributed by atoms with Crippen LogP contribution in [0.3, 0.4) is 0 Å². The first kappa shape index (κ1) is 21.6. The lowest BCUT2D eigenvalue weighted by Crippen LogP contribution is -2.23. The number of carbonyl (C=O) groups is 3. The Hall–Kier alpha value is -4.60. The van der Waals surface area contributed by atoms with Crippen LogP contribution in [0.5, 0.6) is 0 Å². The predicted octanol–water partition coefficient (Wildman–Crippen LogP) is 3.47. The molecule has 9 nitrogen and oxygen atoms in total. The number of nitrogens with one attached hydrogen (secondary N) is 2. The number of anilines is 2. The molecule has 0 bridgehead atoms. The van der Waals surface area contributed by atoms with Crippen molar-refractivity contribution >= 4 is 29.4 Å². The molecule has 0 spiro atoms. The summed E-state index contributed by atoms with van der Waals surface area (Å²) in [7, 11) is 0. The summed E-state index contributed by atoms with van der Waals surface area (Å²) < 4.78 is 19.9. The van der Waals surface area contributed by atoms with E-state index in [-0.39, 0.29) is 29.7 Å². The fourth-order valence-electron chi connectivity index (χ4n) is 3.09. The summed E-state index contributed by atoms with van der Waals surface area (Å²) in [6, 6.07) is 10.8. The van der Waals surface area contributed by atoms with Gasteiger partial charge in [0.25, 0.3) is 5.91 Å². The van der Waals surface area contributed by atoms with Crippen molar-refractivity contribution in [3.8, 4) is 11.1 Å². The third-order valence-corrected chi connectivity index (χ3v) is 4.69. The van der Waals surface area contributed by atoms with E-state index in [0.717, 1.165) is 0 Å². The van der Waals surface area contributed by atoms with E-state index in [4.69, 9.17) is 4.74 Å². The van der Waals surface area contributed by atoms with Gasteiger partial charge in [-0.2, -0.15) is 0 Å². The second kappa shape index (κ2) is 9.27. The maximum absolute atomic E-state index is 14.8. The summed E-state index contributed by atoms with van der Waals surface area (Å²) >= 11 is 0. The molecule has 0 unspecified atom stereocenters. The summed E-state index contributed by atoms with van der Waals surface area (Å²) in [5, 5.41) is 5.08. The van der Waals surface area contributed by atoms with Gasteiger partial charge < -0.3 is 15.4 Å². The van der Waals surface area contributed by atoms with Crippen LogP contribution in [0.4, 0.5) is 20.7 Å². The van der Waals surface area contributed by atoms with Crippen molar-refractivity contribution in [1.29, 1.82) is 0 Å². The van der Waals surface area contributed by atoms with E-state index in [1.807, 2.05) is 0 Å². The highest BCUT2D eigenvalue weighted by Gasteiger charge is 2.29. The number of halogens is 1. The van der Waals surface area contributed by atoms with E-state index in [9.17, 15) is 18.8 Å². The maximum Gasteiger partial charge on any atom is 0.419 e. The molecule has 1 aliphatic rings. The maximum atomic E-state index is 14.8. The molecular formula is C23H18FN5O4. The average molecular weight is 447 g/mol. The van der Waals surface area contributed by atoms with Crippen LogP contribution in [0.25, 0.3) is 11.1 Å². The second-order valence-electron chi connectivity index (χ2n) is 7.06. The van der Waals surface area contributed by atoms with Crippen LogP contribution in [0.1, 0.15) is 17.3 Å². The number of rotatable bonds is 5. The SMILES string of the molecule is CC(=O)N/C=C1/CN(c2ccc(-c3ccc(NC(=O)c4cccnc4)nc3)c(F)c2)C(=O)O1. The largest absolute Gasteiger partial charge is 0.419 e. The molecule has 3 heterocycles. The number of hydrogen-bond donors (Lipinski definition) is 2. The zero-order valence-corrected chi connectivity index (χ0v) is 17.4. The van der Waals surface area contributed by atoms with E-state index >= 15 is 0 Å². The monoisotopic (exact) mass is 447 g/mol. The first-order valence-corrected chi connectivity index (χ1v) is 9.83. The third kappa shape index (κ3) is 5.01. The van der Waals surface area contributed by atoms with Gasteiger partial charge in [-0.1, -0.05) is 0 Å². The normalized spacial score (nSPS) is 14.2. The molecule has 0 atom stereocenters. The lowest BCUT2D eigenvalue weighted by atomic mass is 10.1. The van der Waals surface area contributed by atoms with Gasteiger partial charge in [0.05, 0.1) is 17.8 Å². The Balaban J connectivity index is 1.47. The minimum atomic E-state index is -0.672. The number of ether oxygens (including phenoxy) is 1. The van der Waals surface area contributed by atoms with E-state index in [0.29, 0.717) is 22.6 Å². The molecule has 0 radical (unpaired) electrons. The quantitative estimate of drug-likeness (QED) is 0.619. The molecular weight excluding hydrogens is 429 g/mol. The molecule has 2 aromatic heterocycles. The minimum Gasteiger partial charge on any atom is -0.411 e. The minimum absolute atomic E-state index is 0.0603. The van der Waals surface area contributed by atoms with Crippen molar-refractivity contribution in [3.05, 3.63) is 84.4 Å². The van der Waals surface area contributed by atoms with Crippen LogP contribution in [0.2, 0.25) is 0 Å². The topological polar surface area (TPSA) is 114 Å². The first-order valence-electron chi connectivity index (χ1n) is 9.83. The number of pyridine rings is 2. The van der Waals surface area contributed by atoms with Gasteiger partial charge in [-0.25, -0.2) is 14.2 Å². The van der Waals surface area contributed by atoms with Crippen molar-refractivity contribution in [1.82, 2.24) is 15.3 Å². The van der Waals surface area contributed by atoms with Crippen molar-refractivity contribution in [2.45, 2.75) is 6.92 Å². The summed E-state index contributed by atoms with van der Waals surface area (Å²) in [6.45, 7) is 1.39. The molecule has 10 heteroatoms. The van der Waals surface area contributed by atoms with Crippen LogP contribution in [-0.4, -0.2) is 34.4 Å². The molecule has 1 aromatic carbocycles. The van der Waals surface area contributed by atoms with Crippen molar-refractivity contribution in [2.75, 3.05) is 16.8 Å². The summed E-state index contributed by atoms with van der Waals surface area (Å²) in [4.78, 5) is 44.6. The number of nitrogens with zero attached hydrogens (tertiary/aromatic N) is 3. The van der Waals surface area contributed by atoms with Crippen molar-refractivity contribution in [3.63, 3.8) is 0 Å². The van der Waals surface area contributed by atoms with Gasteiger partial charge in [0.2, 0.25) is 5.91 Å². The zero-order chi connectivity index (χ0) is 23.4. The molecule has 1 saturated heterocycles. The number of hydrogen-bond acceptors (Lipinski definition) is 6. The van der Waals surface area contributed by atoms with Crippen LogP contribution >= 0.6 is 0 Å². The van der Waals surface area contributed by atoms with Crippen LogP contribution in [-0.2, 0) is 9.53 Å². The fraction of sp³-hybridized carbons (Fsp3) is 0.0870. The van der Waals surface area contributed by atoms with Gasteiger partial charge in [0.15, 0.2) is 0 Å². The molecule has 166 valence electrons. The van der Waals surface area contributed by atoms with Crippen molar-refractivity contribution < 1.29 is 23.5 Å². The summed E-state index contributed by atoms with van der Waals surface area (Å²) in [6.07, 6.45) is 5.07. The van der Waals surface area contributed by atoms with E-state index < -0.39 is 11.9 Å². The first-order chi connectivity index (χ1) is 15.9. The van der Waals surface area contributed by atoms with E-state index in [1.165, 1.54) is 42.6 Å². The predicted molar refractivity (Wildman–Crippen MR) is 118 cm³/mol. The Kier molecular flexibility index (Phi) is 6.07. The lowest BCUT2D eigenvalue weighted by Gasteiger charge is -2.13. The number of cyclic esters (lactones) is 1. The Bertz CT molecular complexity index is 1250. The average Bonchev–Trinajstić information content (AvgIpc) is 3.19. The van der Waals surface area contributed by atoms with E-state index in [2.05, 4.69) is 20.6 Å². The van der Waals surface area contributed by atoms with Crippen LogP contribution in [0, 0.1) is 5.82 Å². The Morgan fingerprint density at radius 2 is 2.03 bits per heavy atom. The van der Waals surface area contributed by atoms with Gasteiger partial charge >= 0.3 is 6.09 Å². The number of aromatic nitrogens is 2. The van der Waals surface area contributed by atoms with Crippen LogP contribution < -0.4 is 15.5 Å². The summed E-state index contributed by atoms with van der Waals surface area (Å²) in [5.74, 6) is -0.670. The second-order valence-corrected chi connectivity index (χ2v) is 7.06. The fourth-order valence-corrected chi connectivity index (χ4v) is 3.09. The Morgan fingerprint density at radius 3 is 2.70 bits per heavy atom. The molecule has 3 aromatic rings. The molecule has 0 saturated carbocycles. The van der Waals surface area contributed by atoms with Gasteiger partial charge in [-0.15, -0.1) is 0 Å². The molecule has 33 heavy (non-hydrogen) atoms. The molecule has 3 amide bonds. The van der Waals surface area contributed by atoms with Gasteiger partial charge in [0.1, 0.15) is 17.4 Å². The lowest BCUT2D eigenvalue weighted by molar-refractivity contribution is -0.118. The van der Waals surface area contributed by atoms with Crippen molar-refractivity contribution in [2.24, 2.45) is 0 Å². The molecule has 1 fully saturated rings.